The Morgan fingerprint density at radius 1 is 1.60 bits per heavy atom. The smallest absolute Gasteiger partial charge is 0.206 e. The number of rotatable bonds is 4. The van der Waals surface area contributed by atoms with E-state index in [1.165, 1.54) is 11.3 Å². The first-order valence-electron chi connectivity index (χ1n) is 4.45. The molecule has 0 saturated heterocycles. The van der Waals surface area contributed by atoms with Gasteiger partial charge in [-0.25, -0.2) is 4.98 Å². The molecule has 0 saturated carbocycles. The van der Waals surface area contributed by atoms with Gasteiger partial charge in [0.05, 0.1) is 6.33 Å². The molecule has 1 unspecified atom stereocenters. The highest BCUT2D eigenvalue weighted by atomic mass is 79.9. The lowest BCUT2D eigenvalue weighted by Crippen LogP contribution is -2.21. The molecule has 0 amide bonds. The molecule has 0 aromatic carbocycles. The van der Waals surface area contributed by atoms with Gasteiger partial charge in [0.2, 0.25) is 5.13 Å². The lowest BCUT2D eigenvalue weighted by Gasteiger charge is -2.12. The van der Waals surface area contributed by atoms with Crippen LogP contribution in [0.25, 0.3) is 0 Å². The second-order valence-corrected chi connectivity index (χ2v) is 5.42. The summed E-state index contributed by atoms with van der Waals surface area (Å²) in [4.78, 5) is 3.99. The zero-order valence-electron chi connectivity index (χ0n) is 8.09. The summed E-state index contributed by atoms with van der Waals surface area (Å²) >= 11 is 4.76. The van der Waals surface area contributed by atoms with Crippen LogP contribution in [-0.4, -0.2) is 25.8 Å². The van der Waals surface area contributed by atoms with E-state index in [1.54, 1.807) is 12.5 Å². The molecule has 2 rings (SSSR count). The van der Waals surface area contributed by atoms with Gasteiger partial charge in [-0.1, -0.05) is 11.3 Å². The summed E-state index contributed by atoms with van der Waals surface area (Å²) in [6, 6.07) is 0.291. The fourth-order valence-electron chi connectivity index (χ4n) is 1.23. The standard InChI is InChI=1S/C8H10BrN5S/c1-6(4-14-3-2-10-5-14)11-8-13-12-7(9)15-8/h2-3,5-6H,4H2,1H3,(H,11,13). The Morgan fingerprint density at radius 2 is 2.47 bits per heavy atom. The van der Waals surface area contributed by atoms with Crippen molar-refractivity contribution in [3.8, 4) is 0 Å². The Hall–Kier alpha value is -0.950. The van der Waals surface area contributed by atoms with E-state index in [9.17, 15) is 0 Å². The first-order chi connectivity index (χ1) is 7.24. The summed E-state index contributed by atoms with van der Waals surface area (Å²) in [5, 5.41) is 11.9. The van der Waals surface area contributed by atoms with Crippen LogP contribution in [0.5, 0.6) is 0 Å². The zero-order chi connectivity index (χ0) is 10.7. The van der Waals surface area contributed by atoms with Crippen LogP contribution in [0, 0.1) is 0 Å². The zero-order valence-corrected chi connectivity index (χ0v) is 10.5. The molecular weight excluding hydrogens is 278 g/mol. The molecule has 0 aliphatic heterocycles. The van der Waals surface area contributed by atoms with Crippen LogP contribution >= 0.6 is 27.3 Å². The molecule has 80 valence electrons. The van der Waals surface area contributed by atoms with Crippen molar-refractivity contribution in [3.63, 3.8) is 0 Å². The number of anilines is 1. The maximum absolute atomic E-state index is 3.99. The number of hydrogen-bond acceptors (Lipinski definition) is 5. The van der Waals surface area contributed by atoms with E-state index in [-0.39, 0.29) is 0 Å². The molecule has 15 heavy (non-hydrogen) atoms. The van der Waals surface area contributed by atoms with Crippen LogP contribution in [-0.2, 0) is 6.54 Å². The predicted octanol–water partition coefficient (Wildman–Crippen LogP) is 2.00. The highest BCUT2D eigenvalue weighted by Crippen LogP contribution is 2.20. The molecule has 0 aliphatic rings. The predicted molar refractivity (Wildman–Crippen MR) is 62.9 cm³/mol. The SMILES string of the molecule is CC(Cn1ccnc1)Nc1nnc(Br)s1. The molecule has 7 heteroatoms. The second-order valence-electron chi connectivity index (χ2n) is 3.17. The van der Waals surface area contributed by atoms with Crippen LogP contribution < -0.4 is 5.32 Å². The van der Waals surface area contributed by atoms with E-state index in [4.69, 9.17) is 0 Å². The number of nitrogens with one attached hydrogen (secondary N) is 1. The summed E-state index contributed by atoms with van der Waals surface area (Å²) in [6.45, 7) is 2.95. The Bertz CT molecular complexity index is 412. The van der Waals surface area contributed by atoms with Gasteiger partial charge in [0, 0.05) is 25.0 Å². The Kier molecular flexibility index (Phi) is 3.32. The first kappa shape index (κ1) is 10.6. The van der Waals surface area contributed by atoms with Gasteiger partial charge < -0.3 is 9.88 Å². The van der Waals surface area contributed by atoms with Crippen molar-refractivity contribution < 1.29 is 0 Å². The third-order valence-corrected chi connectivity index (χ3v) is 3.10. The minimum Gasteiger partial charge on any atom is -0.356 e. The van der Waals surface area contributed by atoms with Crippen molar-refractivity contribution in [1.82, 2.24) is 19.7 Å². The summed E-state index contributed by atoms with van der Waals surface area (Å²) < 4.78 is 2.81. The van der Waals surface area contributed by atoms with Gasteiger partial charge in [-0.3, -0.25) is 0 Å². The summed E-state index contributed by atoms with van der Waals surface area (Å²) in [7, 11) is 0. The molecule has 0 aliphatic carbocycles. The highest BCUT2D eigenvalue weighted by Gasteiger charge is 2.06. The van der Waals surface area contributed by atoms with Crippen LogP contribution in [0.1, 0.15) is 6.92 Å². The number of aromatic nitrogens is 4. The van der Waals surface area contributed by atoms with Gasteiger partial charge in [0.15, 0.2) is 3.92 Å². The third-order valence-electron chi connectivity index (χ3n) is 1.81. The van der Waals surface area contributed by atoms with E-state index in [1.807, 2.05) is 10.8 Å². The summed E-state index contributed by atoms with van der Waals surface area (Å²) in [5.41, 5.74) is 0. The maximum Gasteiger partial charge on any atom is 0.206 e. The topological polar surface area (TPSA) is 55.6 Å². The minimum atomic E-state index is 0.291. The van der Waals surface area contributed by atoms with Gasteiger partial charge >= 0.3 is 0 Å². The third kappa shape index (κ3) is 3.00. The average Bonchev–Trinajstić information content (AvgIpc) is 2.77. The van der Waals surface area contributed by atoms with Crippen LogP contribution in [0.2, 0.25) is 0 Å². The van der Waals surface area contributed by atoms with Gasteiger partial charge in [-0.05, 0) is 22.9 Å². The van der Waals surface area contributed by atoms with E-state index >= 15 is 0 Å². The maximum atomic E-state index is 3.99. The quantitative estimate of drug-likeness (QED) is 0.935. The lowest BCUT2D eigenvalue weighted by molar-refractivity contribution is 0.618. The summed E-state index contributed by atoms with van der Waals surface area (Å²) in [5.74, 6) is 0. The molecule has 0 radical (unpaired) electrons. The number of imidazole rings is 1. The monoisotopic (exact) mass is 287 g/mol. The van der Waals surface area contributed by atoms with Crippen LogP contribution in [0.4, 0.5) is 5.13 Å². The minimum absolute atomic E-state index is 0.291. The van der Waals surface area contributed by atoms with Crippen molar-refractivity contribution in [1.29, 1.82) is 0 Å². The van der Waals surface area contributed by atoms with Crippen molar-refractivity contribution >= 4 is 32.4 Å². The lowest BCUT2D eigenvalue weighted by atomic mass is 10.3. The van der Waals surface area contributed by atoms with Gasteiger partial charge in [0.1, 0.15) is 0 Å². The molecule has 5 nitrogen and oxygen atoms in total. The first-order valence-corrected chi connectivity index (χ1v) is 6.06. The number of nitrogens with zero attached hydrogens (tertiary/aromatic N) is 4. The molecule has 1 atom stereocenters. The van der Waals surface area contributed by atoms with E-state index < -0.39 is 0 Å². The molecule has 0 bridgehead atoms. The Morgan fingerprint density at radius 3 is 3.07 bits per heavy atom. The average molecular weight is 288 g/mol. The van der Waals surface area contributed by atoms with Crippen molar-refractivity contribution in [2.45, 2.75) is 19.5 Å². The fraction of sp³-hybridized carbons (Fsp3) is 0.375. The molecule has 2 aromatic rings. The summed E-state index contributed by atoms with van der Waals surface area (Å²) in [6.07, 6.45) is 5.51. The van der Waals surface area contributed by atoms with Crippen LogP contribution in [0.3, 0.4) is 0 Å². The van der Waals surface area contributed by atoms with Crippen LogP contribution in [0.15, 0.2) is 22.6 Å². The molecule has 2 aromatic heterocycles. The van der Waals surface area contributed by atoms with Crippen molar-refractivity contribution in [2.24, 2.45) is 0 Å². The van der Waals surface area contributed by atoms with Gasteiger partial charge in [-0.15, -0.1) is 10.2 Å². The molecule has 1 N–H and O–H groups in total. The van der Waals surface area contributed by atoms with E-state index in [0.29, 0.717) is 6.04 Å². The van der Waals surface area contributed by atoms with Gasteiger partial charge in [0.25, 0.3) is 0 Å². The second kappa shape index (κ2) is 4.71. The Balaban J connectivity index is 1.90. The number of halogens is 1. The van der Waals surface area contributed by atoms with Crippen molar-refractivity contribution in [2.75, 3.05) is 5.32 Å². The normalized spacial score (nSPS) is 12.7. The van der Waals surface area contributed by atoms with Crippen molar-refractivity contribution in [3.05, 3.63) is 22.6 Å². The molecule has 0 fully saturated rings. The fourth-order valence-corrected chi connectivity index (χ4v) is 2.35. The van der Waals surface area contributed by atoms with E-state index in [0.717, 1.165) is 15.6 Å². The molecular formula is C8H10BrN5S. The Labute approximate surface area is 99.7 Å². The largest absolute Gasteiger partial charge is 0.356 e. The number of hydrogen-bond donors (Lipinski definition) is 1. The van der Waals surface area contributed by atoms with Gasteiger partial charge in [-0.2, -0.15) is 0 Å². The molecule has 0 spiro atoms. The van der Waals surface area contributed by atoms with E-state index in [2.05, 4.69) is 43.4 Å². The highest BCUT2D eigenvalue weighted by molar-refractivity contribution is 9.11. The molecule has 2 heterocycles.